The maximum atomic E-state index is 6.78. The van der Waals surface area contributed by atoms with Crippen LogP contribution in [-0.4, -0.2) is 64.5 Å². The van der Waals surface area contributed by atoms with Gasteiger partial charge in [-0.2, -0.15) is 0 Å². The third-order valence-corrected chi connectivity index (χ3v) is 21.3. The molecule has 0 amide bonds. The topological polar surface area (TPSA) is 55.4 Å². The van der Waals surface area contributed by atoms with Gasteiger partial charge in [-0.1, -0.05) is 136 Å². The summed E-state index contributed by atoms with van der Waals surface area (Å²) in [6.45, 7) is 44.3. The van der Waals surface area contributed by atoms with E-state index in [2.05, 4.69) is 233 Å². The quantitative estimate of drug-likeness (QED) is 0.0776. The second kappa shape index (κ2) is 23.6. The molecule has 0 atom stereocenters. The number of hydrogen-bond acceptors (Lipinski definition) is 6. The van der Waals surface area contributed by atoms with Crippen LogP contribution in [0.15, 0.2) is 84.9 Å². The van der Waals surface area contributed by atoms with Gasteiger partial charge in [0.2, 0.25) is 0 Å². The van der Waals surface area contributed by atoms with Gasteiger partial charge in [-0.15, -0.1) is 0 Å². The SMILES string of the molecule is CCC(CC)(c1ccc(C#CC2(O[Si](C)(C)C)CCCC2)cc1)c1ccc(B2OC(C)(C)C(C)(C)O2)c(C)c1.CCC(CC)(c1ccc(CCC2(O[Si](C)(C)C)CCCC2)cc1)c1ccc(B2OC(C)(C)C(C)(C)O2)c(C)c1. The van der Waals surface area contributed by atoms with Crippen molar-refractivity contribution in [3.05, 3.63) is 129 Å². The first kappa shape index (κ1) is 62.4. The molecule has 4 fully saturated rings. The summed E-state index contributed by atoms with van der Waals surface area (Å²) in [6, 6.07) is 32.3. The summed E-state index contributed by atoms with van der Waals surface area (Å²) in [7, 11) is -3.89. The van der Waals surface area contributed by atoms with Gasteiger partial charge in [-0.3, -0.25) is 0 Å². The van der Waals surface area contributed by atoms with Crippen molar-refractivity contribution < 1.29 is 27.5 Å². The molecule has 2 saturated heterocycles. The van der Waals surface area contributed by atoms with Crippen molar-refractivity contribution in [1.29, 1.82) is 0 Å². The molecule has 4 aliphatic rings. The lowest BCUT2D eigenvalue weighted by Gasteiger charge is -2.36. The van der Waals surface area contributed by atoms with Gasteiger partial charge in [0, 0.05) is 16.4 Å². The van der Waals surface area contributed by atoms with Crippen molar-refractivity contribution in [3.8, 4) is 11.8 Å². The van der Waals surface area contributed by atoms with Crippen LogP contribution < -0.4 is 10.9 Å². The summed E-state index contributed by atoms with van der Waals surface area (Å²) >= 11 is 0. The van der Waals surface area contributed by atoms with Crippen molar-refractivity contribution in [2.24, 2.45) is 0 Å². The van der Waals surface area contributed by atoms with Crippen LogP contribution in [0.2, 0.25) is 39.3 Å². The zero-order valence-corrected chi connectivity index (χ0v) is 54.6. The maximum Gasteiger partial charge on any atom is 0.495 e. The van der Waals surface area contributed by atoms with Gasteiger partial charge >= 0.3 is 14.2 Å². The van der Waals surface area contributed by atoms with Crippen LogP contribution in [-0.2, 0) is 44.7 Å². The van der Waals surface area contributed by atoms with Crippen LogP contribution in [0.5, 0.6) is 0 Å². The van der Waals surface area contributed by atoms with E-state index in [0.29, 0.717) is 0 Å². The Balaban J connectivity index is 0.000000226. The molecule has 78 heavy (non-hydrogen) atoms. The van der Waals surface area contributed by atoms with E-state index in [9.17, 15) is 0 Å². The Bertz CT molecular complexity index is 2690. The Morgan fingerprint density at radius 3 is 1.21 bits per heavy atom. The number of hydrogen-bond donors (Lipinski definition) is 0. The average molecular weight is 1090 g/mol. The van der Waals surface area contributed by atoms with E-state index in [1.807, 2.05) is 0 Å². The standard InChI is InChI=1S/C34H53BO3Si.C34H49BO3Si/c2*1-11-34(12-2,29-19-20-30(26(3)25-29)35-36-31(4,5)32(6,7)37-35)28-17-15-27(16-18-28)21-24-33(22-13-14-23-33)38-39(8,9)10/h15-20,25H,11-14,21-24H2,1-10H3;15-20,25H,11-14,22-23H2,1-10H3. The molecule has 2 saturated carbocycles. The molecule has 0 spiro atoms. The number of rotatable bonds is 17. The molecular weight excluding hydrogens is 991 g/mol. The molecule has 0 N–H and O–H groups in total. The van der Waals surface area contributed by atoms with Gasteiger partial charge < -0.3 is 27.5 Å². The first-order valence-corrected chi connectivity index (χ1v) is 37.2. The molecule has 0 radical (unpaired) electrons. The monoisotopic (exact) mass is 1090 g/mol. The summed E-state index contributed by atoms with van der Waals surface area (Å²) in [6.07, 6.45) is 16.0. The van der Waals surface area contributed by atoms with Crippen LogP contribution in [0.1, 0.15) is 211 Å². The normalized spacial score (nSPS) is 20.3. The lowest BCUT2D eigenvalue weighted by Crippen LogP contribution is -2.41. The summed E-state index contributed by atoms with van der Waals surface area (Å²) in [4.78, 5) is 0. The zero-order chi connectivity index (χ0) is 57.4. The van der Waals surface area contributed by atoms with Crippen molar-refractivity contribution >= 4 is 41.8 Å². The molecule has 4 aromatic carbocycles. The number of aryl methyl sites for hydroxylation is 3. The molecule has 4 aromatic rings. The maximum absolute atomic E-state index is 6.78. The fourth-order valence-corrected chi connectivity index (χ4v) is 16.2. The summed E-state index contributed by atoms with van der Waals surface area (Å²) in [5.41, 5.74) is 11.1. The smallest absolute Gasteiger partial charge is 0.412 e. The molecule has 424 valence electrons. The van der Waals surface area contributed by atoms with E-state index < -0.39 is 16.6 Å². The molecule has 6 nitrogen and oxygen atoms in total. The van der Waals surface area contributed by atoms with Crippen molar-refractivity contribution in [3.63, 3.8) is 0 Å². The van der Waals surface area contributed by atoms with Gasteiger partial charge in [0.05, 0.1) is 28.0 Å². The van der Waals surface area contributed by atoms with Crippen molar-refractivity contribution in [1.82, 2.24) is 0 Å². The number of benzene rings is 4. The predicted molar refractivity (Wildman–Crippen MR) is 336 cm³/mol. The lowest BCUT2D eigenvalue weighted by molar-refractivity contribution is 0.00578. The van der Waals surface area contributed by atoms with Gasteiger partial charge in [0.1, 0.15) is 5.60 Å². The van der Waals surface area contributed by atoms with E-state index in [1.165, 1.54) is 77.5 Å². The third-order valence-electron chi connectivity index (χ3n) is 19.3. The van der Waals surface area contributed by atoms with Gasteiger partial charge in [-0.25, -0.2) is 0 Å². The fraction of sp³-hybridized carbons (Fsp3) is 0.618. The largest absolute Gasteiger partial charge is 0.495 e. The highest BCUT2D eigenvalue weighted by molar-refractivity contribution is 6.70. The molecule has 8 rings (SSSR count). The van der Waals surface area contributed by atoms with E-state index in [1.54, 1.807) is 0 Å². The van der Waals surface area contributed by atoms with E-state index >= 15 is 0 Å². The fourth-order valence-electron chi connectivity index (χ4n) is 13.2. The summed E-state index contributed by atoms with van der Waals surface area (Å²) < 4.78 is 38.8. The van der Waals surface area contributed by atoms with Crippen LogP contribution in [0, 0.1) is 25.7 Å². The average Bonchev–Trinajstić information content (AvgIpc) is 4.24. The third kappa shape index (κ3) is 13.5. The minimum Gasteiger partial charge on any atom is -0.412 e. The molecule has 2 heterocycles. The van der Waals surface area contributed by atoms with Gasteiger partial charge in [-0.05, 0) is 236 Å². The van der Waals surface area contributed by atoms with Crippen LogP contribution in [0.4, 0.5) is 0 Å². The molecule has 0 unspecified atom stereocenters. The van der Waals surface area contributed by atoms with E-state index in [4.69, 9.17) is 27.5 Å². The first-order chi connectivity index (χ1) is 36.3. The Morgan fingerprint density at radius 2 is 0.846 bits per heavy atom. The van der Waals surface area contributed by atoms with Crippen LogP contribution in [0.3, 0.4) is 0 Å². The summed E-state index contributed by atoms with van der Waals surface area (Å²) in [5.74, 6) is 7.06. The van der Waals surface area contributed by atoms with Gasteiger partial charge in [0.25, 0.3) is 0 Å². The molecule has 10 heteroatoms. The highest BCUT2D eigenvalue weighted by Gasteiger charge is 2.53. The van der Waals surface area contributed by atoms with Crippen LogP contribution >= 0.6 is 0 Å². The Morgan fingerprint density at radius 1 is 0.487 bits per heavy atom. The molecule has 0 aromatic heterocycles. The molecule has 2 aliphatic carbocycles. The second-order valence-electron chi connectivity index (χ2n) is 27.9. The zero-order valence-electron chi connectivity index (χ0n) is 52.6. The highest BCUT2D eigenvalue weighted by Crippen LogP contribution is 2.44. The Kier molecular flexibility index (Phi) is 18.8. The Labute approximate surface area is 478 Å². The minimum absolute atomic E-state index is 0.00856. The minimum atomic E-state index is -1.66. The van der Waals surface area contributed by atoms with E-state index in [0.717, 1.165) is 67.9 Å². The predicted octanol–water partition coefficient (Wildman–Crippen LogP) is 16.4. The summed E-state index contributed by atoms with van der Waals surface area (Å²) in [5, 5.41) is 0. The second-order valence-corrected chi connectivity index (χ2v) is 36.8. The van der Waals surface area contributed by atoms with Gasteiger partial charge in [0.15, 0.2) is 16.6 Å². The lowest BCUT2D eigenvalue weighted by atomic mass is 9.68. The van der Waals surface area contributed by atoms with Crippen molar-refractivity contribution in [2.45, 2.75) is 271 Å². The first-order valence-electron chi connectivity index (χ1n) is 30.4. The van der Waals surface area contributed by atoms with Crippen LogP contribution in [0.25, 0.3) is 0 Å². The molecule has 2 aliphatic heterocycles. The highest BCUT2D eigenvalue weighted by atomic mass is 28.4. The van der Waals surface area contributed by atoms with E-state index in [-0.39, 0.29) is 58.7 Å². The van der Waals surface area contributed by atoms with Crippen molar-refractivity contribution in [2.75, 3.05) is 0 Å². The molecular formula is C68H102B2O6Si2. The molecule has 0 bridgehead atoms. The Hall–Kier alpha value is -3.24.